The Morgan fingerprint density at radius 3 is 2.71 bits per heavy atom. The summed E-state index contributed by atoms with van der Waals surface area (Å²) in [6, 6.07) is 14.5. The first-order valence-electron chi connectivity index (χ1n) is 7.99. The molecule has 6 heteroatoms. The van der Waals surface area contributed by atoms with Crippen LogP contribution in [-0.4, -0.2) is 36.5 Å². The lowest BCUT2D eigenvalue weighted by molar-refractivity contribution is -0.122. The van der Waals surface area contributed by atoms with Crippen LogP contribution in [-0.2, 0) is 4.79 Å². The molecule has 3 N–H and O–H groups in total. The van der Waals surface area contributed by atoms with Crippen molar-refractivity contribution >= 4 is 29.7 Å². The van der Waals surface area contributed by atoms with Crippen molar-refractivity contribution in [3.8, 4) is 0 Å². The summed E-state index contributed by atoms with van der Waals surface area (Å²) in [4.78, 5) is 15.6. The average Bonchev–Trinajstić information content (AvgIpc) is 3.18. The van der Waals surface area contributed by atoms with Crippen LogP contribution in [0.3, 0.4) is 0 Å². The molecule has 1 saturated heterocycles. The van der Waals surface area contributed by atoms with Gasteiger partial charge in [0.05, 0.1) is 12.6 Å². The Kier molecular flexibility index (Phi) is 6.80. The van der Waals surface area contributed by atoms with Crippen LogP contribution in [0.25, 0.3) is 0 Å². The summed E-state index contributed by atoms with van der Waals surface area (Å²) in [5.74, 6) is 0.366. The van der Waals surface area contributed by atoms with Crippen LogP contribution in [0.1, 0.15) is 29.3 Å². The topological polar surface area (TPSA) is 58.4 Å². The molecule has 4 nitrogen and oxygen atoms in total. The van der Waals surface area contributed by atoms with Crippen molar-refractivity contribution in [1.82, 2.24) is 10.2 Å². The smallest absolute Gasteiger partial charge is 0.234 e. The lowest BCUT2D eigenvalue weighted by Gasteiger charge is -2.18. The van der Waals surface area contributed by atoms with Gasteiger partial charge in [0.1, 0.15) is 0 Å². The van der Waals surface area contributed by atoms with E-state index in [1.165, 1.54) is 10.4 Å². The predicted molar refractivity (Wildman–Crippen MR) is 102 cm³/mol. The van der Waals surface area contributed by atoms with Gasteiger partial charge < -0.3 is 11.1 Å². The SMILES string of the molecule is CC(NC(=O)CN1C[C@@H](N)[C@H](c2ccccc2)C1)c1cccs1.Cl. The molecule has 0 aliphatic carbocycles. The minimum atomic E-state index is 0. The highest BCUT2D eigenvalue weighted by atomic mass is 35.5. The van der Waals surface area contributed by atoms with Gasteiger partial charge in [-0.15, -0.1) is 23.7 Å². The van der Waals surface area contributed by atoms with Gasteiger partial charge in [0.15, 0.2) is 0 Å². The Morgan fingerprint density at radius 1 is 1.29 bits per heavy atom. The second-order valence-electron chi connectivity index (χ2n) is 6.18. The number of nitrogens with two attached hydrogens (primary N) is 1. The largest absolute Gasteiger partial charge is 0.348 e. The molecule has 1 unspecified atom stereocenters. The van der Waals surface area contributed by atoms with Crippen LogP contribution >= 0.6 is 23.7 Å². The van der Waals surface area contributed by atoms with Crippen molar-refractivity contribution in [2.24, 2.45) is 5.73 Å². The number of hydrogen-bond donors (Lipinski definition) is 2. The van der Waals surface area contributed by atoms with Gasteiger partial charge in [-0.25, -0.2) is 0 Å². The maximum absolute atomic E-state index is 12.3. The monoisotopic (exact) mass is 365 g/mol. The Bertz CT molecular complexity index is 635. The van der Waals surface area contributed by atoms with Crippen molar-refractivity contribution < 1.29 is 4.79 Å². The van der Waals surface area contributed by atoms with Crippen LogP contribution in [0.2, 0.25) is 0 Å². The van der Waals surface area contributed by atoms with Gasteiger partial charge in [-0.1, -0.05) is 36.4 Å². The normalized spacial score (nSPS) is 21.9. The third kappa shape index (κ3) is 4.57. The fourth-order valence-electron chi connectivity index (χ4n) is 3.19. The van der Waals surface area contributed by atoms with E-state index in [0.717, 1.165) is 13.1 Å². The van der Waals surface area contributed by atoms with Gasteiger partial charge in [-0.05, 0) is 23.9 Å². The second kappa shape index (κ2) is 8.62. The predicted octanol–water partition coefficient (Wildman–Crippen LogP) is 2.77. The number of amides is 1. The summed E-state index contributed by atoms with van der Waals surface area (Å²) >= 11 is 1.67. The number of hydrogen-bond acceptors (Lipinski definition) is 4. The zero-order chi connectivity index (χ0) is 16.2. The van der Waals surface area contributed by atoms with Crippen LogP contribution in [0.5, 0.6) is 0 Å². The highest BCUT2D eigenvalue weighted by Gasteiger charge is 2.32. The van der Waals surface area contributed by atoms with Crippen molar-refractivity contribution in [3.05, 3.63) is 58.3 Å². The number of rotatable bonds is 5. The number of nitrogens with zero attached hydrogens (tertiary/aromatic N) is 1. The zero-order valence-corrected chi connectivity index (χ0v) is 15.4. The average molecular weight is 366 g/mol. The number of halogens is 1. The van der Waals surface area contributed by atoms with Crippen LogP contribution < -0.4 is 11.1 Å². The van der Waals surface area contributed by atoms with Crippen molar-refractivity contribution in [2.45, 2.75) is 24.9 Å². The summed E-state index contributed by atoms with van der Waals surface area (Å²) in [6.07, 6.45) is 0. The molecule has 1 aromatic heterocycles. The molecule has 3 rings (SSSR count). The van der Waals surface area contributed by atoms with Crippen molar-refractivity contribution in [1.29, 1.82) is 0 Å². The first-order chi connectivity index (χ1) is 11.1. The molecule has 0 spiro atoms. The molecular formula is C18H24ClN3OS. The van der Waals surface area contributed by atoms with Crippen LogP contribution in [0, 0.1) is 0 Å². The zero-order valence-electron chi connectivity index (χ0n) is 13.7. The van der Waals surface area contributed by atoms with E-state index in [1.807, 2.05) is 42.6 Å². The first kappa shape index (κ1) is 18.9. The number of carbonyl (C=O) groups excluding carboxylic acids is 1. The molecule has 1 aromatic carbocycles. The van der Waals surface area contributed by atoms with E-state index in [-0.39, 0.29) is 30.4 Å². The molecule has 1 fully saturated rings. The van der Waals surface area contributed by atoms with E-state index in [0.29, 0.717) is 12.5 Å². The Morgan fingerprint density at radius 2 is 2.04 bits per heavy atom. The molecule has 0 radical (unpaired) electrons. The summed E-state index contributed by atoms with van der Waals surface area (Å²) < 4.78 is 0. The molecule has 2 aromatic rings. The quantitative estimate of drug-likeness (QED) is 0.856. The molecule has 0 saturated carbocycles. The molecule has 24 heavy (non-hydrogen) atoms. The minimum absolute atomic E-state index is 0. The standard InChI is InChI=1S/C18H23N3OS.ClH/c1-13(17-8-5-9-23-17)20-18(22)12-21-10-15(16(19)11-21)14-6-3-2-4-7-14;/h2-9,13,15-16H,10-12,19H2,1H3,(H,20,22);1H/t13?,15-,16+;/m0./s1. The highest BCUT2D eigenvalue weighted by molar-refractivity contribution is 7.10. The number of benzene rings is 1. The highest BCUT2D eigenvalue weighted by Crippen LogP contribution is 2.26. The van der Waals surface area contributed by atoms with Crippen LogP contribution in [0.4, 0.5) is 0 Å². The van der Waals surface area contributed by atoms with Crippen molar-refractivity contribution in [2.75, 3.05) is 19.6 Å². The third-order valence-corrected chi connectivity index (χ3v) is 5.44. The Hall–Kier alpha value is -1.40. The van der Waals surface area contributed by atoms with Gasteiger partial charge in [-0.3, -0.25) is 9.69 Å². The fraction of sp³-hybridized carbons (Fsp3) is 0.389. The van der Waals surface area contributed by atoms with E-state index in [2.05, 4.69) is 22.3 Å². The van der Waals surface area contributed by atoms with E-state index in [9.17, 15) is 4.79 Å². The summed E-state index contributed by atoms with van der Waals surface area (Å²) in [5, 5.41) is 5.10. The van der Waals surface area contributed by atoms with E-state index >= 15 is 0 Å². The summed E-state index contributed by atoms with van der Waals surface area (Å²) in [7, 11) is 0. The van der Waals surface area contributed by atoms with Gasteiger partial charge in [0.2, 0.25) is 5.91 Å². The van der Waals surface area contributed by atoms with E-state index in [1.54, 1.807) is 11.3 Å². The molecule has 2 heterocycles. The number of carbonyl (C=O) groups is 1. The van der Waals surface area contributed by atoms with E-state index in [4.69, 9.17) is 5.73 Å². The molecule has 3 atom stereocenters. The number of nitrogens with one attached hydrogen (secondary N) is 1. The molecule has 1 aliphatic rings. The number of thiophene rings is 1. The maximum atomic E-state index is 12.3. The third-order valence-electron chi connectivity index (χ3n) is 4.38. The van der Waals surface area contributed by atoms with Crippen molar-refractivity contribution in [3.63, 3.8) is 0 Å². The second-order valence-corrected chi connectivity index (χ2v) is 7.16. The van der Waals surface area contributed by atoms with Gasteiger partial charge in [-0.2, -0.15) is 0 Å². The maximum Gasteiger partial charge on any atom is 0.234 e. The van der Waals surface area contributed by atoms with E-state index < -0.39 is 0 Å². The first-order valence-corrected chi connectivity index (χ1v) is 8.87. The molecule has 1 amide bonds. The molecule has 1 aliphatic heterocycles. The van der Waals surface area contributed by atoms with Crippen LogP contribution in [0.15, 0.2) is 47.8 Å². The molecule has 130 valence electrons. The molecule has 0 bridgehead atoms. The molecular weight excluding hydrogens is 342 g/mol. The summed E-state index contributed by atoms with van der Waals surface area (Å²) in [5.41, 5.74) is 7.54. The lowest BCUT2D eigenvalue weighted by atomic mass is 9.95. The lowest BCUT2D eigenvalue weighted by Crippen LogP contribution is -2.38. The fourth-order valence-corrected chi connectivity index (χ4v) is 3.93. The summed E-state index contributed by atoms with van der Waals surface area (Å²) in [6.45, 7) is 4.03. The number of likely N-dealkylation sites (tertiary alicyclic amines) is 1. The van der Waals surface area contributed by atoms with Gasteiger partial charge >= 0.3 is 0 Å². The Balaban J connectivity index is 0.00000208. The van der Waals surface area contributed by atoms with Gasteiger partial charge in [0, 0.05) is 29.9 Å². The minimum Gasteiger partial charge on any atom is -0.348 e. The van der Waals surface area contributed by atoms with Gasteiger partial charge in [0.25, 0.3) is 0 Å². The Labute approximate surface area is 153 Å².